The van der Waals surface area contributed by atoms with Gasteiger partial charge in [0.15, 0.2) is 0 Å². The molecule has 1 aromatic carbocycles. The van der Waals surface area contributed by atoms with Crippen molar-refractivity contribution in [1.82, 2.24) is 5.32 Å². The summed E-state index contributed by atoms with van der Waals surface area (Å²) in [6.45, 7) is 3.94. The maximum absolute atomic E-state index is 11.9. The van der Waals surface area contributed by atoms with E-state index in [1.807, 2.05) is 6.92 Å². The molecule has 0 saturated heterocycles. The van der Waals surface area contributed by atoms with Crippen LogP contribution in [0.1, 0.15) is 32.3 Å². The van der Waals surface area contributed by atoms with E-state index in [1.165, 1.54) is 12.1 Å². The van der Waals surface area contributed by atoms with Gasteiger partial charge in [0.05, 0.1) is 10.4 Å². The van der Waals surface area contributed by atoms with Gasteiger partial charge in [-0.1, -0.05) is 25.5 Å². The van der Waals surface area contributed by atoms with E-state index in [1.54, 1.807) is 19.1 Å². The molecular formula is C13H22ClN3O3S. The first-order valence-electron chi connectivity index (χ1n) is 6.36. The zero-order chi connectivity index (χ0) is 15.4. The van der Waals surface area contributed by atoms with E-state index >= 15 is 0 Å². The van der Waals surface area contributed by atoms with Gasteiger partial charge in [-0.15, -0.1) is 12.4 Å². The molecule has 5 N–H and O–H groups in total. The number of benzene rings is 1. The average molecular weight is 336 g/mol. The van der Waals surface area contributed by atoms with Crippen molar-refractivity contribution in [2.24, 2.45) is 10.9 Å². The molecule has 0 aliphatic carbocycles. The van der Waals surface area contributed by atoms with Gasteiger partial charge < -0.3 is 11.1 Å². The lowest BCUT2D eigenvalue weighted by atomic mass is 9.96. The third kappa shape index (κ3) is 6.01. The van der Waals surface area contributed by atoms with Crippen molar-refractivity contribution in [1.29, 1.82) is 0 Å². The zero-order valence-electron chi connectivity index (χ0n) is 12.1. The van der Waals surface area contributed by atoms with Gasteiger partial charge in [-0.2, -0.15) is 0 Å². The van der Waals surface area contributed by atoms with E-state index in [4.69, 9.17) is 10.9 Å². The largest absolute Gasteiger partial charge is 0.350 e. The van der Waals surface area contributed by atoms with Crippen molar-refractivity contribution in [2.75, 3.05) is 0 Å². The first kappa shape index (κ1) is 19.9. The van der Waals surface area contributed by atoms with Crippen LogP contribution in [-0.4, -0.2) is 19.9 Å². The van der Waals surface area contributed by atoms with Crippen molar-refractivity contribution in [3.63, 3.8) is 0 Å². The fourth-order valence-electron chi connectivity index (χ4n) is 1.81. The predicted octanol–water partition coefficient (Wildman–Crippen LogP) is 0.889. The summed E-state index contributed by atoms with van der Waals surface area (Å²) in [5.74, 6) is -0.227. The maximum Gasteiger partial charge on any atom is 0.240 e. The van der Waals surface area contributed by atoms with E-state index in [9.17, 15) is 13.2 Å². The minimum Gasteiger partial charge on any atom is -0.350 e. The average Bonchev–Trinajstić information content (AvgIpc) is 2.35. The minimum atomic E-state index is -3.69. The molecule has 0 aliphatic rings. The standard InChI is InChI=1S/C13H21N3O3S.ClH/c1-3-8-13(2,14)12(17)16-9-10-4-6-11(7-5-10)20(15,18)19;/h4-7H,3,8-9,14H2,1-2H3,(H,16,17)(H2,15,18,19);1H. The Morgan fingerprint density at radius 2 is 1.81 bits per heavy atom. The number of carbonyl (C=O) groups excluding carboxylic acids is 1. The summed E-state index contributed by atoms with van der Waals surface area (Å²) in [5.41, 5.74) is 5.79. The highest BCUT2D eigenvalue weighted by molar-refractivity contribution is 7.89. The summed E-state index contributed by atoms with van der Waals surface area (Å²) >= 11 is 0. The fraction of sp³-hybridized carbons (Fsp3) is 0.462. The number of sulfonamides is 1. The van der Waals surface area contributed by atoms with Crippen LogP contribution in [0.2, 0.25) is 0 Å². The quantitative estimate of drug-likeness (QED) is 0.715. The number of rotatable bonds is 6. The Morgan fingerprint density at radius 1 is 1.29 bits per heavy atom. The van der Waals surface area contributed by atoms with Gasteiger partial charge in [0.25, 0.3) is 0 Å². The Bertz CT molecular complexity index is 571. The van der Waals surface area contributed by atoms with Gasteiger partial charge in [-0.05, 0) is 31.0 Å². The molecule has 120 valence electrons. The van der Waals surface area contributed by atoms with Gasteiger partial charge in [0.1, 0.15) is 0 Å². The van der Waals surface area contributed by atoms with Gasteiger partial charge in [0.2, 0.25) is 15.9 Å². The molecule has 1 atom stereocenters. The predicted molar refractivity (Wildman–Crippen MR) is 84.4 cm³/mol. The van der Waals surface area contributed by atoms with Crippen LogP contribution in [0, 0.1) is 0 Å². The van der Waals surface area contributed by atoms with Crippen LogP contribution in [0.25, 0.3) is 0 Å². The Morgan fingerprint density at radius 3 is 2.24 bits per heavy atom. The van der Waals surface area contributed by atoms with Crippen LogP contribution in [0.5, 0.6) is 0 Å². The molecule has 0 spiro atoms. The fourth-order valence-corrected chi connectivity index (χ4v) is 2.33. The van der Waals surface area contributed by atoms with Crippen LogP contribution in [-0.2, 0) is 21.4 Å². The molecule has 1 unspecified atom stereocenters. The molecule has 1 rings (SSSR count). The second kappa shape index (κ2) is 7.74. The summed E-state index contributed by atoms with van der Waals surface area (Å²) < 4.78 is 22.2. The Kier molecular flexibility index (Phi) is 7.32. The molecule has 8 heteroatoms. The lowest BCUT2D eigenvalue weighted by Gasteiger charge is -2.22. The number of nitrogens with one attached hydrogen (secondary N) is 1. The van der Waals surface area contributed by atoms with Crippen molar-refractivity contribution < 1.29 is 13.2 Å². The molecule has 1 amide bonds. The van der Waals surface area contributed by atoms with Crippen LogP contribution in [0.4, 0.5) is 0 Å². The highest BCUT2D eigenvalue weighted by Crippen LogP contribution is 2.11. The van der Waals surface area contributed by atoms with Crippen molar-refractivity contribution in [3.05, 3.63) is 29.8 Å². The van der Waals surface area contributed by atoms with E-state index < -0.39 is 15.6 Å². The van der Waals surface area contributed by atoms with E-state index in [-0.39, 0.29) is 23.2 Å². The molecule has 0 fully saturated rings. The number of amides is 1. The number of halogens is 1. The van der Waals surface area contributed by atoms with Crippen LogP contribution in [0.3, 0.4) is 0 Å². The SMILES string of the molecule is CCCC(C)(N)C(=O)NCc1ccc(S(N)(=O)=O)cc1.Cl. The molecule has 1 aromatic rings. The smallest absolute Gasteiger partial charge is 0.240 e. The summed E-state index contributed by atoms with van der Waals surface area (Å²) in [7, 11) is -3.69. The Labute approximate surface area is 131 Å². The number of carbonyl (C=O) groups is 1. The second-order valence-electron chi connectivity index (χ2n) is 5.04. The van der Waals surface area contributed by atoms with Crippen molar-refractivity contribution in [2.45, 2.75) is 43.7 Å². The van der Waals surface area contributed by atoms with E-state index in [2.05, 4.69) is 5.32 Å². The molecule has 0 saturated carbocycles. The third-order valence-corrected chi connectivity index (χ3v) is 3.92. The number of nitrogens with two attached hydrogens (primary N) is 2. The summed E-state index contributed by atoms with van der Waals surface area (Å²) in [5, 5.41) is 7.74. The number of primary sulfonamides is 1. The van der Waals surface area contributed by atoms with Crippen LogP contribution >= 0.6 is 12.4 Å². The Hall–Kier alpha value is -1.15. The van der Waals surface area contributed by atoms with Gasteiger partial charge in [-0.25, -0.2) is 13.6 Å². The molecule has 0 bridgehead atoms. The molecule has 0 radical (unpaired) electrons. The highest BCUT2D eigenvalue weighted by Gasteiger charge is 2.26. The second-order valence-corrected chi connectivity index (χ2v) is 6.60. The summed E-state index contributed by atoms with van der Waals surface area (Å²) in [6, 6.07) is 6.02. The molecule has 21 heavy (non-hydrogen) atoms. The first-order valence-corrected chi connectivity index (χ1v) is 7.90. The van der Waals surface area contributed by atoms with Crippen LogP contribution < -0.4 is 16.2 Å². The molecule has 0 heterocycles. The lowest BCUT2D eigenvalue weighted by Crippen LogP contribution is -2.51. The normalized spacial score (nSPS) is 13.9. The maximum atomic E-state index is 11.9. The highest BCUT2D eigenvalue weighted by atomic mass is 35.5. The van der Waals surface area contributed by atoms with Gasteiger partial charge in [-0.3, -0.25) is 4.79 Å². The Balaban J connectivity index is 0.00000400. The molecule has 0 aliphatic heterocycles. The van der Waals surface area contributed by atoms with Gasteiger partial charge >= 0.3 is 0 Å². The van der Waals surface area contributed by atoms with Crippen LogP contribution in [0.15, 0.2) is 29.2 Å². The monoisotopic (exact) mass is 335 g/mol. The molecular weight excluding hydrogens is 314 g/mol. The number of hydrogen-bond donors (Lipinski definition) is 3. The van der Waals surface area contributed by atoms with Crippen molar-refractivity contribution >= 4 is 28.3 Å². The summed E-state index contributed by atoms with van der Waals surface area (Å²) in [6.07, 6.45) is 1.42. The number of hydrogen-bond acceptors (Lipinski definition) is 4. The lowest BCUT2D eigenvalue weighted by molar-refractivity contribution is -0.126. The molecule has 6 nitrogen and oxygen atoms in total. The van der Waals surface area contributed by atoms with Crippen molar-refractivity contribution in [3.8, 4) is 0 Å². The molecule has 0 aromatic heterocycles. The van der Waals surface area contributed by atoms with Gasteiger partial charge in [0, 0.05) is 6.54 Å². The minimum absolute atomic E-state index is 0. The zero-order valence-corrected chi connectivity index (χ0v) is 13.8. The first-order chi connectivity index (χ1) is 9.16. The third-order valence-electron chi connectivity index (χ3n) is 2.99. The topological polar surface area (TPSA) is 115 Å². The van der Waals surface area contributed by atoms with E-state index in [0.717, 1.165) is 12.0 Å². The summed E-state index contributed by atoms with van der Waals surface area (Å²) in [4.78, 5) is 11.9. The van der Waals surface area contributed by atoms with E-state index in [0.29, 0.717) is 13.0 Å².